The van der Waals surface area contributed by atoms with Crippen molar-refractivity contribution >= 4 is 43.2 Å². The molecule has 0 saturated carbocycles. The van der Waals surface area contributed by atoms with Crippen molar-refractivity contribution in [1.82, 2.24) is 5.32 Å². The van der Waals surface area contributed by atoms with E-state index >= 15 is 0 Å². The molecule has 0 aliphatic rings. The molecule has 1 N–H and O–H groups in total. The molecule has 0 bridgehead atoms. The average Bonchev–Trinajstić information content (AvgIpc) is 2.83. The van der Waals surface area contributed by atoms with Gasteiger partial charge in [0.1, 0.15) is 5.75 Å². The normalized spacial score (nSPS) is 12.4. The standard InChI is InChI=1S/C14H15Br2NOS/c1-3-17-14(11-7-19-8-13(11)16)10-6-9(18-2)4-5-12(10)15/h4-8,14,17H,3H2,1-2H3. The van der Waals surface area contributed by atoms with Crippen LogP contribution < -0.4 is 10.1 Å². The molecule has 0 spiro atoms. The molecule has 1 heterocycles. The van der Waals surface area contributed by atoms with Crippen molar-refractivity contribution in [3.63, 3.8) is 0 Å². The molecule has 1 aromatic carbocycles. The van der Waals surface area contributed by atoms with Crippen LogP contribution in [0.5, 0.6) is 5.75 Å². The summed E-state index contributed by atoms with van der Waals surface area (Å²) in [5.74, 6) is 0.868. The van der Waals surface area contributed by atoms with Gasteiger partial charge in [-0.2, -0.15) is 11.3 Å². The summed E-state index contributed by atoms with van der Waals surface area (Å²) in [5.41, 5.74) is 2.43. The first kappa shape index (κ1) is 15.0. The summed E-state index contributed by atoms with van der Waals surface area (Å²) in [4.78, 5) is 0. The minimum absolute atomic E-state index is 0.148. The van der Waals surface area contributed by atoms with Crippen molar-refractivity contribution in [2.45, 2.75) is 13.0 Å². The third-order valence-corrected chi connectivity index (χ3v) is 5.35. The van der Waals surface area contributed by atoms with Crippen molar-refractivity contribution in [2.75, 3.05) is 13.7 Å². The molecule has 1 atom stereocenters. The Balaban J connectivity index is 2.47. The van der Waals surface area contributed by atoms with E-state index in [9.17, 15) is 0 Å². The van der Waals surface area contributed by atoms with E-state index in [1.165, 1.54) is 11.1 Å². The van der Waals surface area contributed by atoms with Crippen molar-refractivity contribution in [3.05, 3.63) is 49.0 Å². The first-order valence-corrected chi connectivity index (χ1v) is 8.48. The van der Waals surface area contributed by atoms with Crippen molar-refractivity contribution in [3.8, 4) is 5.75 Å². The van der Waals surface area contributed by atoms with Crippen LogP contribution in [0.15, 0.2) is 37.9 Å². The molecule has 2 rings (SSSR count). The molecule has 102 valence electrons. The first-order valence-electron chi connectivity index (χ1n) is 5.95. The Morgan fingerprint density at radius 3 is 2.58 bits per heavy atom. The van der Waals surface area contributed by atoms with Crippen LogP contribution in [-0.2, 0) is 0 Å². The quantitative estimate of drug-likeness (QED) is 0.758. The van der Waals surface area contributed by atoms with Gasteiger partial charge in [-0.1, -0.05) is 22.9 Å². The smallest absolute Gasteiger partial charge is 0.119 e. The second-order valence-corrected chi connectivity index (χ2v) is 6.51. The Hall–Kier alpha value is -0.360. The van der Waals surface area contributed by atoms with Crippen molar-refractivity contribution in [1.29, 1.82) is 0 Å². The number of methoxy groups -OCH3 is 1. The zero-order chi connectivity index (χ0) is 13.8. The summed E-state index contributed by atoms with van der Waals surface area (Å²) < 4.78 is 7.55. The highest BCUT2D eigenvalue weighted by molar-refractivity contribution is 9.10. The lowest BCUT2D eigenvalue weighted by molar-refractivity contribution is 0.413. The zero-order valence-corrected chi connectivity index (χ0v) is 14.7. The SMILES string of the molecule is CCNC(c1cscc1Br)c1cc(OC)ccc1Br. The van der Waals surface area contributed by atoms with E-state index in [4.69, 9.17) is 4.74 Å². The summed E-state index contributed by atoms with van der Waals surface area (Å²) in [5, 5.41) is 7.80. The highest BCUT2D eigenvalue weighted by atomic mass is 79.9. The number of hydrogen-bond donors (Lipinski definition) is 1. The van der Waals surface area contributed by atoms with Crippen molar-refractivity contribution in [2.24, 2.45) is 0 Å². The molecular formula is C14H15Br2NOS. The van der Waals surface area contributed by atoms with E-state index in [0.717, 1.165) is 21.2 Å². The maximum atomic E-state index is 5.33. The van der Waals surface area contributed by atoms with Gasteiger partial charge < -0.3 is 10.1 Å². The predicted molar refractivity (Wildman–Crippen MR) is 88.2 cm³/mol. The highest BCUT2D eigenvalue weighted by Gasteiger charge is 2.19. The molecule has 0 aliphatic carbocycles. The fourth-order valence-corrected chi connectivity index (χ4v) is 3.99. The number of hydrogen-bond acceptors (Lipinski definition) is 3. The molecule has 0 amide bonds. The van der Waals surface area contributed by atoms with E-state index in [1.54, 1.807) is 18.4 Å². The number of halogens is 2. The van der Waals surface area contributed by atoms with Gasteiger partial charge >= 0.3 is 0 Å². The fraction of sp³-hybridized carbons (Fsp3) is 0.286. The zero-order valence-electron chi connectivity index (χ0n) is 10.7. The van der Waals surface area contributed by atoms with Gasteiger partial charge in [0.05, 0.1) is 13.2 Å². The molecule has 0 saturated heterocycles. The lowest BCUT2D eigenvalue weighted by Crippen LogP contribution is -2.22. The largest absolute Gasteiger partial charge is 0.497 e. The molecule has 0 aliphatic heterocycles. The van der Waals surface area contributed by atoms with Gasteiger partial charge in [0, 0.05) is 14.3 Å². The Morgan fingerprint density at radius 2 is 2.00 bits per heavy atom. The second-order valence-electron chi connectivity index (χ2n) is 4.05. The molecular weight excluding hydrogens is 390 g/mol. The number of benzene rings is 1. The maximum Gasteiger partial charge on any atom is 0.119 e. The molecule has 5 heteroatoms. The minimum atomic E-state index is 0.148. The van der Waals surface area contributed by atoms with Crippen LogP contribution in [0.1, 0.15) is 24.1 Å². The highest BCUT2D eigenvalue weighted by Crippen LogP contribution is 2.36. The maximum absolute atomic E-state index is 5.33. The van der Waals surface area contributed by atoms with Crippen LogP contribution in [0, 0.1) is 0 Å². The number of nitrogens with one attached hydrogen (secondary N) is 1. The summed E-state index contributed by atoms with van der Waals surface area (Å²) in [7, 11) is 1.69. The molecule has 1 unspecified atom stereocenters. The lowest BCUT2D eigenvalue weighted by Gasteiger charge is -2.20. The van der Waals surface area contributed by atoms with Gasteiger partial charge in [0.2, 0.25) is 0 Å². The minimum Gasteiger partial charge on any atom is -0.497 e. The van der Waals surface area contributed by atoms with E-state index in [-0.39, 0.29) is 6.04 Å². The Labute approximate surface area is 134 Å². The second kappa shape index (κ2) is 6.88. The van der Waals surface area contributed by atoms with Crippen LogP contribution in [0.2, 0.25) is 0 Å². The Bertz CT molecular complexity index is 556. The van der Waals surface area contributed by atoms with E-state index < -0.39 is 0 Å². The van der Waals surface area contributed by atoms with Gasteiger partial charge in [0.15, 0.2) is 0 Å². The number of ether oxygens (including phenoxy) is 1. The molecule has 2 nitrogen and oxygen atoms in total. The van der Waals surface area contributed by atoms with Gasteiger partial charge in [0.25, 0.3) is 0 Å². The lowest BCUT2D eigenvalue weighted by atomic mass is 10.0. The summed E-state index contributed by atoms with van der Waals surface area (Å²) in [6.07, 6.45) is 0. The van der Waals surface area contributed by atoms with Gasteiger partial charge in [-0.05, 0) is 57.2 Å². The average molecular weight is 405 g/mol. The number of rotatable bonds is 5. The molecule has 19 heavy (non-hydrogen) atoms. The number of thiophene rings is 1. The topological polar surface area (TPSA) is 21.3 Å². The van der Waals surface area contributed by atoms with Gasteiger partial charge in [-0.25, -0.2) is 0 Å². The van der Waals surface area contributed by atoms with E-state index in [2.05, 4.69) is 60.9 Å². The summed E-state index contributed by atoms with van der Waals surface area (Å²) >= 11 is 8.95. The van der Waals surface area contributed by atoms with Crippen LogP contribution in [0.3, 0.4) is 0 Å². The third-order valence-electron chi connectivity index (χ3n) is 2.88. The van der Waals surface area contributed by atoms with E-state index in [0.29, 0.717) is 0 Å². The van der Waals surface area contributed by atoms with Crippen LogP contribution in [0.4, 0.5) is 0 Å². The van der Waals surface area contributed by atoms with Crippen LogP contribution in [-0.4, -0.2) is 13.7 Å². The van der Waals surface area contributed by atoms with E-state index in [1.807, 2.05) is 12.1 Å². The summed E-state index contributed by atoms with van der Waals surface area (Å²) in [6, 6.07) is 6.20. The monoisotopic (exact) mass is 403 g/mol. The molecule has 1 aromatic heterocycles. The van der Waals surface area contributed by atoms with Crippen LogP contribution in [0.25, 0.3) is 0 Å². The Kier molecular flexibility index (Phi) is 5.45. The Morgan fingerprint density at radius 1 is 1.21 bits per heavy atom. The molecule has 0 radical (unpaired) electrons. The molecule has 0 fully saturated rings. The van der Waals surface area contributed by atoms with Crippen LogP contribution >= 0.6 is 43.2 Å². The van der Waals surface area contributed by atoms with Gasteiger partial charge in [-0.15, -0.1) is 0 Å². The first-order chi connectivity index (χ1) is 9.17. The summed E-state index contributed by atoms with van der Waals surface area (Å²) in [6.45, 7) is 3.01. The third kappa shape index (κ3) is 3.40. The molecule has 2 aromatic rings. The van der Waals surface area contributed by atoms with Gasteiger partial charge in [-0.3, -0.25) is 0 Å². The predicted octanol–water partition coefficient (Wildman–Crippen LogP) is 4.98. The van der Waals surface area contributed by atoms with Crippen molar-refractivity contribution < 1.29 is 4.74 Å². The fourth-order valence-electron chi connectivity index (χ4n) is 1.96.